The first-order valence-corrected chi connectivity index (χ1v) is 10.3. The molecule has 5 nitrogen and oxygen atoms in total. The molecule has 0 unspecified atom stereocenters. The van der Waals surface area contributed by atoms with Crippen LogP contribution < -0.4 is 5.32 Å². The maximum Gasteiger partial charge on any atom is 0.271 e. The molecule has 0 fully saturated rings. The molecule has 0 saturated heterocycles. The van der Waals surface area contributed by atoms with Crippen LogP contribution in [-0.2, 0) is 19.3 Å². The number of amides is 1. The van der Waals surface area contributed by atoms with E-state index in [-0.39, 0.29) is 5.91 Å². The molecule has 2 heterocycles. The first-order chi connectivity index (χ1) is 12.7. The molecule has 1 N–H and O–H groups in total. The predicted molar refractivity (Wildman–Crippen MR) is 106 cm³/mol. The van der Waals surface area contributed by atoms with Crippen LogP contribution in [0.25, 0.3) is 21.0 Å². The van der Waals surface area contributed by atoms with Crippen molar-refractivity contribution in [2.24, 2.45) is 0 Å². The Morgan fingerprint density at radius 1 is 1.27 bits per heavy atom. The molecule has 5 rings (SSSR count). The van der Waals surface area contributed by atoms with Gasteiger partial charge in [0.2, 0.25) is 0 Å². The molecule has 0 saturated carbocycles. The van der Waals surface area contributed by atoms with E-state index in [1.54, 1.807) is 0 Å². The second kappa shape index (κ2) is 6.10. The molecular weight excluding hydrogens is 364 g/mol. The van der Waals surface area contributed by atoms with Crippen LogP contribution in [0.5, 0.6) is 0 Å². The van der Waals surface area contributed by atoms with Crippen LogP contribution >= 0.6 is 22.9 Å². The molecule has 0 atom stereocenters. The first-order valence-electron chi connectivity index (χ1n) is 8.71. The molecule has 7 heteroatoms. The topological polar surface area (TPSA) is 67.8 Å². The minimum absolute atomic E-state index is 0.167. The van der Waals surface area contributed by atoms with E-state index in [2.05, 4.69) is 46.1 Å². The van der Waals surface area contributed by atoms with E-state index in [1.807, 2.05) is 0 Å². The predicted octanol–water partition coefficient (Wildman–Crippen LogP) is 4.60. The van der Waals surface area contributed by atoms with Crippen molar-refractivity contribution in [1.29, 1.82) is 0 Å². The molecule has 130 valence electrons. The molecule has 0 bridgehead atoms. The number of hydrogen-bond donors (Lipinski definition) is 1. The highest BCUT2D eigenvalue weighted by Gasteiger charge is 2.20. The minimum atomic E-state index is -0.167. The Labute approximate surface area is 158 Å². The van der Waals surface area contributed by atoms with Gasteiger partial charge in [0.15, 0.2) is 5.13 Å². The molecule has 2 aromatic heterocycles. The van der Waals surface area contributed by atoms with Crippen molar-refractivity contribution in [2.45, 2.75) is 32.6 Å². The van der Waals surface area contributed by atoms with Gasteiger partial charge in [0.1, 0.15) is 4.88 Å². The van der Waals surface area contributed by atoms with E-state index >= 15 is 0 Å². The number of carbonyl (C=O) groups is 1. The third kappa shape index (κ3) is 2.42. The van der Waals surface area contributed by atoms with E-state index in [0.717, 1.165) is 53.1 Å². The van der Waals surface area contributed by atoms with Crippen molar-refractivity contribution < 1.29 is 4.79 Å². The van der Waals surface area contributed by atoms with Gasteiger partial charge in [-0.05, 0) is 53.4 Å². The molecule has 4 aromatic rings. The summed E-state index contributed by atoms with van der Waals surface area (Å²) < 4.78 is 5.05. The number of anilines is 1. The van der Waals surface area contributed by atoms with Crippen LogP contribution in [0.1, 0.15) is 39.8 Å². The van der Waals surface area contributed by atoms with Crippen LogP contribution in [0.4, 0.5) is 5.13 Å². The Morgan fingerprint density at radius 2 is 2.15 bits per heavy atom. The average Bonchev–Trinajstić information content (AvgIpc) is 3.35. The van der Waals surface area contributed by atoms with Gasteiger partial charge in [-0.2, -0.15) is 0 Å². The number of aryl methyl sites for hydroxylation is 3. The van der Waals surface area contributed by atoms with Crippen LogP contribution in [-0.4, -0.2) is 20.5 Å². The smallest absolute Gasteiger partial charge is 0.271 e. The lowest BCUT2D eigenvalue weighted by Gasteiger charge is -2.02. The van der Waals surface area contributed by atoms with Crippen molar-refractivity contribution in [3.05, 3.63) is 46.0 Å². The lowest BCUT2D eigenvalue weighted by Crippen LogP contribution is -2.12. The van der Waals surface area contributed by atoms with E-state index in [0.29, 0.717) is 10.0 Å². The van der Waals surface area contributed by atoms with Crippen molar-refractivity contribution >= 4 is 54.9 Å². The summed E-state index contributed by atoms with van der Waals surface area (Å²) in [5, 5.41) is 10.2. The molecular formula is C19H16N4OS2. The number of thiazole rings is 1. The Bertz CT molecular complexity index is 1160. The molecule has 2 aromatic carbocycles. The summed E-state index contributed by atoms with van der Waals surface area (Å²) >= 11 is 2.67. The van der Waals surface area contributed by atoms with Crippen LogP contribution in [0, 0.1) is 0 Å². The monoisotopic (exact) mass is 380 g/mol. The van der Waals surface area contributed by atoms with Gasteiger partial charge >= 0.3 is 0 Å². The lowest BCUT2D eigenvalue weighted by molar-refractivity contribution is 0.102. The molecule has 0 spiro atoms. The molecule has 1 aliphatic rings. The van der Waals surface area contributed by atoms with Crippen molar-refractivity contribution in [2.75, 3.05) is 5.32 Å². The maximum atomic E-state index is 12.6. The largest absolute Gasteiger partial charge is 0.297 e. The van der Waals surface area contributed by atoms with Crippen LogP contribution in [0.2, 0.25) is 0 Å². The van der Waals surface area contributed by atoms with Gasteiger partial charge in [-0.3, -0.25) is 10.1 Å². The standard InChI is InChI=1S/C19H16N4OS2/c1-2-4-13-17(26-23-22-13)18(24)21-19-20-16-12-6-3-5-10-7-8-11(15(10)12)9-14(16)25-19/h3,5-6,9H,2,4,7-8H2,1H3,(H,20,21,24). The van der Waals surface area contributed by atoms with Gasteiger partial charge in [0.05, 0.1) is 15.9 Å². The lowest BCUT2D eigenvalue weighted by atomic mass is 10.0. The van der Waals surface area contributed by atoms with Crippen LogP contribution in [0.3, 0.4) is 0 Å². The fraction of sp³-hybridized carbons (Fsp3) is 0.263. The zero-order valence-electron chi connectivity index (χ0n) is 14.2. The van der Waals surface area contributed by atoms with Crippen molar-refractivity contribution in [1.82, 2.24) is 14.6 Å². The summed E-state index contributed by atoms with van der Waals surface area (Å²) in [7, 11) is 0. The SMILES string of the molecule is CCCc1nnsc1C(=O)Nc1nc2c(cc3c4c(cccc42)CC3)s1. The van der Waals surface area contributed by atoms with Crippen LogP contribution in [0.15, 0.2) is 24.3 Å². The zero-order chi connectivity index (χ0) is 17.7. The summed E-state index contributed by atoms with van der Waals surface area (Å²) in [5.74, 6) is -0.167. The summed E-state index contributed by atoms with van der Waals surface area (Å²) in [6.45, 7) is 2.07. The van der Waals surface area contributed by atoms with Gasteiger partial charge in [-0.1, -0.05) is 47.4 Å². The second-order valence-electron chi connectivity index (χ2n) is 6.49. The Balaban J connectivity index is 1.54. The number of carbonyl (C=O) groups excluding carboxylic acids is 1. The second-order valence-corrected chi connectivity index (χ2v) is 8.28. The highest BCUT2D eigenvalue weighted by molar-refractivity contribution is 7.22. The van der Waals surface area contributed by atoms with Gasteiger partial charge < -0.3 is 0 Å². The molecule has 0 radical (unpaired) electrons. The Hall–Kier alpha value is -2.38. The Kier molecular flexibility index (Phi) is 3.72. The molecule has 1 amide bonds. The van der Waals surface area contributed by atoms with Crippen molar-refractivity contribution in [3.63, 3.8) is 0 Å². The fourth-order valence-corrected chi connectivity index (χ4v) is 5.24. The highest BCUT2D eigenvalue weighted by Crippen LogP contribution is 2.39. The van der Waals surface area contributed by atoms with E-state index in [9.17, 15) is 4.79 Å². The van der Waals surface area contributed by atoms with E-state index in [1.165, 1.54) is 33.2 Å². The number of rotatable bonds is 4. The minimum Gasteiger partial charge on any atom is -0.297 e. The number of fused-ring (bicyclic) bond motifs is 2. The third-order valence-electron chi connectivity index (χ3n) is 4.82. The molecule has 1 aliphatic carbocycles. The normalized spacial score (nSPS) is 13.0. The summed E-state index contributed by atoms with van der Waals surface area (Å²) in [6.07, 6.45) is 3.88. The highest BCUT2D eigenvalue weighted by atomic mass is 32.1. The number of hydrogen-bond acceptors (Lipinski definition) is 6. The fourth-order valence-electron chi connectivity index (χ4n) is 3.69. The third-order valence-corrected chi connectivity index (χ3v) is 6.50. The van der Waals surface area contributed by atoms with Gasteiger partial charge in [-0.15, -0.1) is 5.10 Å². The summed E-state index contributed by atoms with van der Waals surface area (Å²) in [5.41, 5.74) is 4.53. The number of aromatic nitrogens is 3. The number of nitrogens with zero attached hydrogens (tertiary/aromatic N) is 3. The van der Waals surface area contributed by atoms with E-state index in [4.69, 9.17) is 4.98 Å². The zero-order valence-corrected chi connectivity index (χ0v) is 15.8. The summed E-state index contributed by atoms with van der Waals surface area (Å²) in [4.78, 5) is 17.9. The maximum absolute atomic E-state index is 12.6. The summed E-state index contributed by atoms with van der Waals surface area (Å²) in [6, 6.07) is 8.67. The van der Waals surface area contributed by atoms with E-state index < -0.39 is 0 Å². The molecule has 0 aliphatic heterocycles. The van der Waals surface area contributed by atoms with Gasteiger partial charge in [-0.25, -0.2) is 4.98 Å². The first kappa shape index (κ1) is 15.8. The van der Waals surface area contributed by atoms with Crippen molar-refractivity contribution in [3.8, 4) is 0 Å². The molecule has 26 heavy (non-hydrogen) atoms. The quantitative estimate of drug-likeness (QED) is 0.562. The number of nitrogens with one attached hydrogen (secondary N) is 1. The van der Waals surface area contributed by atoms with Gasteiger partial charge in [0.25, 0.3) is 5.91 Å². The average molecular weight is 380 g/mol. The number of benzene rings is 2. The van der Waals surface area contributed by atoms with Gasteiger partial charge in [0, 0.05) is 5.39 Å². The Morgan fingerprint density at radius 3 is 3.04 bits per heavy atom.